The topological polar surface area (TPSA) is 116 Å². The van der Waals surface area contributed by atoms with Crippen LogP contribution in [0.1, 0.15) is 40.0 Å². The van der Waals surface area contributed by atoms with E-state index in [-0.39, 0.29) is 29.5 Å². The van der Waals surface area contributed by atoms with Crippen molar-refractivity contribution in [1.29, 1.82) is 0 Å². The molecule has 8 nitrogen and oxygen atoms in total. The van der Waals surface area contributed by atoms with Crippen LogP contribution < -0.4 is 11.1 Å². The first-order chi connectivity index (χ1) is 16.2. The number of thioether (sulfide) groups is 1. The summed E-state index contributed by atoms with van der Waals surface area (Å²) in [6, 6.07) is 7.20. The van der Waals surface area contributed by atoms with Gasteiger partial charge in [0.2, 0.25) is 5.91 Å². The monoisotopic (exact) mass is 490 g/mol. The second kappa shape index (κ2) is 9.89. The minimum atomic E-state index is -0.760. The van der Waals surface area contributed by atoms with Crippen LogP contribution >= 0.6 is 11.8 Å². The van der Waals surface area contributed by atoms with E-state index in [1.165, 1.54) is 17.3 Å². The molecule has 186 valence electrons. The first-order valence-corrected chi connectivity index (χ1v) is 12.6. The van der Waals surface area contributed by atoms with Crippen molar-refractivity contribution in [3.05, 3.63) is 35.9 Å². The van der Waals surface area contributed by atoms with Gasteiger partial charge in [0.15, 0.2) is 0 Å². The van der Waals surface area contributed by atoms with Gasteiger partial charge < -0.3 is 24.7 Å². The number of benzene rings is 1. The lowest BCUT2D eigenvalue weighted by Crippen LogP contribution is -2.56. The maximum Gasteiger partial charge on any atom is 0.414 e. The predicted molar refractivity (Wildman–Crippen MR) is 130 cm³/mol. The third kappa shape index (κ3) is 5.43. The molecule has 0 radical (unpaired) electrons. The lowest BCUT2D eigenvalue weighted by atomic mass is 9.68. The number of imide groups is 1. The molecule has 3 unspecified atom stereocenters. The first-order valence-electron chi connectivity index (χ1n) is 11.6. The standard InChI is InChI=1S/C25H34N2O6S/c1-15(2)5-10-19-24(3,33-19)22-21(30-4)18(11-12-25(22)14-31-25)32-23(29)27-20(28)13-34-17-8-6-16(26)7-9-17/h5-9,18-19,21-22H,10-14,26H2,1-4H3,(H,27,28,29)/t18?,19-,21?,22?,24-,25+/m1/s1. The van der Waals surface area contributed by atoms with E-state index in [4.69, 9.17) is 24.7 Å². The Balaban J connectivity index is 1.34. The van der Waals surface area contributed by atoms with Crippen LogP contribution in [0.4, 0.5) is 10.5 Å². The molecule has 0 bridgehead atoms. The minimum Gasteiger partial charge on any atom is -0.443 e. The summed E-state index contributed by atoms with van der Waals surface area (Å²) >= 11 is 1.32. The van der Waals surface area contributed by atoms with Crippen LogP contribution in [-0.4, -0.2) is 61.0 Å². The number of epoxide rings is 2. The van der Waals surface area contributed by atoms with Gasteiger partial charge in [0.05, 0.1) is 24.4 Å². The van der Waals surface area contributed by atoms with Crippen LogP contribution in [0, 0.1) is 5.92 Å². The van der Waals surface area contributed by atoms with E-state index in [0.29, 0.717) is 18.7 Å². The molecular weight excluding hydrogens is 456 g/mol. The highest BCUT2D eigenvalue weighted by Gasteiger charge is 2.72. The number of allylic oxidation sites excluding steroid dienone is 1. The average Bonchev–Trinajstić information content (AvgIpc) is 3.70. The summed E-state index contributed by atoms with van der Waals surface area (Å²) in [6.07, 6.45) is 2.80. The van der Waals surface area contributed by atoms with Gasteiger partial charge in [-0.05, 0) is 64.3 Å². The minimum absolute atomic E-state index is 0.0658. The fraction of sp³-hybridized carbons (Fsp3) is 0.600. The molecular formula is C25H34N2O6S. The summed E-state index contributed by atoms with van der Waals surface area (Å²) in [6.45, 7) is 6.90. The summed E-state index contributed by atoms with van der Waals surface area (Å²) in [5.41, 5.74) is 6.88. The number of nitrogens with two attached hydrogens (primary N) is 1. The zero-order chi connectivity index (χ0) is 24.5. The van der Waals surface area contributed by atoms with Crippen molar-refractivity contribution in [3.8, 4) is 0 Å². The molecule has 2 saturated heterocycles. The second-order valence-corrected chi connectivity index (χ2v) is 10.8. The van der Waals surface area contributed by atoms with Crippen LogP contribution in [0.3, 0.4) is 0 Å². The van der Waals surface area contributed by atoms with Gasteiger partial charge in [0.25, 0.3) is 0 Å². The zero-order valence-electron chi connectivity index (χ0n) is 20.2. The molecule has 2 heterocycles. The van der Waals surface area contributed by atoms with E-state index in [2.05, 4.69) is 32.2 Å². The van der Waals surface area contributed by atoms with Crippen molar-refractivity contribution in [3.63, 3.8) is 0 Å². The largest absolute Gasteiger partial charge is 0.443 e. The molecule has 3 fully saturated rings. The van der Waals surface area contributed by atoms with E-state index in [1.54, 1.807) is 19.2 Å². The molecule has 6 atom stereocenters. The number of hydrogen-bond acceptors (Lipinski definition) is 8. The Morgan fingerprint density at radius 1 is 1.29 bits per heavy atom. The zero-order valence-corrected chi connectivity index (χ0v) is 21.0. The predicted octanol–water partition coefficient (Wildman–Crippen LogP) is 3.69. The summed E-state index contributed by atoms with van der Waals surface area (Å²) in [4.78, 5) is 25.7. The molecule has 1 saturated carbocycles. The van der Waals surface area contributed by atoms with Crippen LogP contribution in [0.2, 0.25) is 0 Å². The highest BCUT2D eigenvalue weighted by atomic mass is 32.2. The maximum atomic E-state index is 12.5. The molecule has 3 N–H and O–H groups in total. The first kappa shape index (κ1) is 25.0. The van der Waals surface area contributed by atoms with Crippen LogP contribution in [-0.2, 0) is 23.7 Å². The summed E-state index contributed by atoms with van der Waals surface area (Å²) in [7, 11) is 1.62. The number of methoxy groups -OCH3 is 1. The average molecular weight is 491 g/mol. The number of anilines is 1. The fourth-order valence-corrected chi connectivity index (χ4v) is 5.80. The number of rotatable bonds is 8. The van der Waals surface area contributed by atoms with Crippen molar-refractivity contribution in [2.24, 2.45) is 5.92 Å². The Bertz CT molecular complexity index is 943. The van der Waals surface area contributed by atoms with Gasteiger partial charge in [0.1, 0.15) is 23.4 Å². The molecule has 9 heteroatoms. The Hall–Kier alpha value is -2.07. The van der Waals surface area contributed by atoms with E-state index in [0.717, 1.165) is 17.7 Å². The molecule has 1 aliphatic carbocycles. The van der Waals surface area contributed by atoms with Gasteiger partial charge in [-0.3, -0.25) is 10.1 Å². The van der Waals surface area contributed by atoms with Gasteiger partial charge in [-0.2, -0.15) is 0 Å². The molecule has 2 aliphatic heterocycles. The summed E-state index contributed by atoms with van der Waals surface area (Å²) < 4.78 is 23.7. The Kier molecular flexibility index (Phi) is 7.28. The van der Waals surface area contributed by atoms with Gasteiger partial charge in [-0.15, -0.1) is 11.8 Å². The van der Waals surface area contributed by atoms with Crippen molar-refractivity contribution < 1.29 is 28.5 Å². The van der Waals surface area contributed by atoms with Crippen LogP contribution in [0.25, 0.3) is 0 Å². The molecule has 1 aromatic rings. The van der Waals surface area contributed by atoms with Crippen molar-refractivity contribution in [1.82, 2.24) is 5.32 Å². The number of ether oxygens (including phenoxy) is 4. The van der Waals surface area contributed by atoms with E-state index in [9.17, 15) is 9.59 Å². The Labute approximate surface area is 204 Å². The van der Waals surface area contributed by atoms with E-state index >= 15 is 0 Å². The Morgan fingerprint density at radius 2 is 2.00 bits per heavy atom. The van der Waals surface area contributed by atoms with Crippen molar-refractivity contribution >= 4 is 29.4 Å². The normalized spacial score (nSPS) is 33.8. The summed E-state index contributed by atoms with van der Waals surface area (Å²) in [5.74, 6) is -0.395. The number of carbonyl (C=O) groups is 2. The third-order valence-corrected chi connectivity index (χ3v) is 8.00. The molecule has 0 aromatic heterocycles. The number of hydrogen-bond donors (Lipinski definition) is 2. The van der Waals surface area contributed by atoms with Gasteiger partial charge in [-0.1, -0.05) is 11.6 Å². The van der Waals surface area contributed by atoms with Gasteiger partial charge >= 0.3 is 6.09 Å². The number of nitrogens with one attached hydrogen (secondary N) is 1. The van der Waals surface area contributed by atoms with Crippen LogP contribution in [0.15, 0.2) is 40.8 Å². The molecule has 1 aromatic carbocycles. The van der Waals surface area contributed by atoms with Crippen molar-refractivity contribution in [2.45, 2.75) is 74.4 Å². The third-order valence-electron chi connectivity index (χ3n) is 6.99. The molecule has 4 rings (SSSR count). The lowest BCUT2D eigenvalue weighted by Gasteiger charge is -2.42. The number of alkyl carbamates (subject to hydrolysis) is 1. The highest BCUT2D eigenvalue weighted by molar-refractivity contribution is 8.00. The second-order valence-electron chi connectivity index (χ2n) is 9.73. The van der Waals surface area contributed by atoms with Crippen molar-refractivity contribution in [2.75, 3.05) is 25.2 Å². The Morgan fingerprint density at radius 3 is 2.62 bits per heavy atom. The number of amides is 2. The molecule has 3 aliphatic rings. The molecule has 2 amide bonds. The van der Waals surface area contributed by atoms with Gasteiger partial charge in [0, 0.05) is 17.7 Å². The molecule has 1 spiro atoms. The molecule has 34 heavy (non-hydrogen) atoms. The quantitative estimate of drug-likeness (QED) is 0.245. The van der Waals surface area contributed by atoms with Crippen LogP contribution in [0.5, 0.6) is 0 Å². The van der Waals surface area contributed by atoms with E-state index in [1.807, 2.05) is 12.1 Å². The summed E-state index contributed by atoms with van der Waals surface area (Å²) in [5, 5.41) is 2.33. The maximum absolute atomic E-state index is 12.5. The van der Waals surface area contributed by atoms with Gasteiger partial charge in [-0.25, -0.2) is 4.79 Å². The number of nitrogen functional groups attached to an aromatic ring is 1. The lowest BCUT2D eigenvalue weighted by molar-refractivity contribution is -0.124. The fourth-order valence-electron chi connectivity index (χ4n) is 5.10. The number of carbonyl (C=O) groups excluding carboxylic acids is 2. The van der Waals surface area contributed by atoms with E-state index < -0.39 is 23.7 Å². The smallest absolute Gasteiger partial charge is 0.414 e. The SMILES string of the molecule is COC1C(OC(=O)NC(=O)CSc2ccc(N)cc2)CC[C@]2(CO2)C1[C@]1(C)O[C@@H]1CC=C(C)C. The highest BCUT2D eigenvalue weighted by Crippen LogP contribution is 2.59.